The fourth-order valence-electron chi connectivity index (χ4n) is 16.2. The smallest absolute Gasteiger partial charge is 0.259 e. The van der Waals surface area contributed by atoms with Gasteiger partial charge in [-0.05, 0) is 264 Å². The molecule has 0 aromatic heterocycles. The molecule has 5 N–H and O–H groups in total. The van der Waals surface area contributed by atoms with Gasteiger partial charge in [0.1, 0.15) is 35.0 Å². The van der Waals surface area contributed by atoms with Crippen LogP contribution in [0.3, 0.4) is 0 Å². The number of aryl methyl sites for hydroxylation is 5. The average molecular weight is 1730 g/mol. The fraction of sp³-hybridized carbons (Fsp3) is 0.321. The van der Waals surface area contributed by atoms with Crippen molar-refractivity contribution in [2.24, 2.45) is 54.6 Å². The molecule has 4 aliphatic carbocycles. The van der Waals surface area contributed by atoms with Crippen LogP contribution in [-0.2, 0) is 4.74 Å². The lowest BCUT2D eigenvalue weighted by atomic mass is 9.97. The van der Waals surface area contributed by atoms with Gasteiger partial charge in [-0.25, -0.2) is 29.4 Å². The molecule has 4 saturated carbocycles. The molecule has 0 spiro atoms. The summed E-state index contributed by atoms with van der Waals surface area (Å²) in [7, 11) is 0. The number of carbonyl (C=O) groups excluding carboxylic acids is 5. The number of rotatable bonds is 21. The molecule has 0 unspecified atom stereocenters. The Morgan fingerprint density at radius 3 is 1.00 bits per heavy atom. The van der Waals surface area contributed by atoms with Gasteiger partial charge >= 0.3 is 0 Å². The fourth-order valence-corrected chi connectivity index (χ4v) is 16.3. The summed E-state index contributed by atoms with van der Waals surface area (Å²) in [6.45, 7) is 18.9. The number of allylic oxidation sites excluding steroid dienone is 4. The number of hydrogen-bond acceptors (Lipinski definition) is 12. The second-order valence-electron chi connectivity index (χ2n) is 35.6. The molecule has 656 valence electrons. The molecule has 17 nitrogen and oxygen atoms in total. The Morgan fingerprint density at radius 1 is 0.359 bits per heavy atom. The van der Waals surface area contributed by atoms with E-state index in [1.54, 1.807) is 12.1 Å². The van der Waals surface area contributed by atoms with Crippen molar-refractivity contribution >= 4 is 92.6 Å². The number of nitrogens with zero attached hydrogens (tertiary/aromatic N) is 6. The Labute approximate surface area is 757 Å². The molecule has 10 aliphatic rings. The maximum atomic E-state index is 14.0. The average Bonchev–Trinajstić information content (AvgIpc) is 1.68. The molecular formula is C109H115ClFN11O6. The number of halogens is 2. The lowest BCUT2D eigenvalue weighted by Crippen LogP contribution is -2.36. The number of amides is 5. The van der Waals surface area contributed by atoms with Gasteiger partial charge in [0, 0.05) is 114 Å². The van der Waals surface area contributed by atoms with Crippen LogP contribution in [0.5, 0.6) is 0 Å². The highest BCUT2D eigenvalue weighted by Crippen LogP contribution is 2.45. The van der Waals surface area contributed by atoms with Crippen molar-refractivity contribution < 1.29 is 33.1 Å². The number of aliphatic imine (C=N–C) groups is 5. The van der Waals surface area contributed by atoms with Crippen LogP contribution in [0, 0.1) is 70.0 Å². The van der Waals surface area contributed by atoms with Gasteiger partial charge in [0.05, 0.1) is 18.8 Å². The van der Waals surface area contributed by atoms with Gasteiger partial charge in [-0.2, -0.15) is 0 Å². The quantitative estimate of drug-likeness (QED) is 0.0468. The van der Waals surface area contributed by atoms with Crippen molar-refractivity contribution in [3.05, 3.63) is 353 Å². The third-order valence-electron chi connectivity index (χ3n) is 24.5. The summed E-state index contributed by atoms with van der Waals surface area (Å²) < 4.78 is 19.4. The molecule has 0 radical (unpaired) electrons. The predicted octanol–water partition coefficient (Wildman–Crippen LogP) is 22.9. The molecule has 5 fully saturated rings. The zero-order chi connectivity index (χ0) is 89.2. The number of morpholine rings is 1. The van der Waals surface area contributed by atoms with Crippen LogP contribution >= 0.6 is 11.6 Å². The van der Waals surface area contributed by atoms with Crippen LogP contribution in [-0.4, -0.2) is 96.5 Å². The molecular weight excluding hydrogens is 1610 g/mol. The third kappa shape index (κ3) is 25.9. The van der Waals surface area contributed by atoms with Gasteiger partial charge in [-0.15, -0.1) is 0 Å². The monoisotopic (exact) mass is 1730 g/mol. The zero-order valence-corrected chi connectivity index (χ0v) is 75.2. The predicted molar refractivity (Wildman–Crippen MR) is 515 cm³/mol. The SMILES string of the molecule is CC(C)C1=C(CC2CC2)N=C(NC(=O)c2ccccc2)C1.Cc1ccc(C(=O)NC2=NC(CC3CC3)=C(c3ccc(C)cc3)C2)cc1.Cc1ccc(C(=O)NC2=NC(CC3CC3)=C(c3ccc(C)cc3)C2)cc1.Cc1ccc(C2=C(CC3CC3)N=C(NC(=O)c3ccccc3)C2)cc1.O=C(NC1=NC(CCN2CCOCC2)=C(c2ccc(Cl)cc2)C1)c1ccccc1F. The lowest BCUT2D eigenvalue weighted by molar-refractivity contribution is 0.0384. The minimum absolute atomic E-state index is 0.00927. The van der Waals surface area contributed by atoms with E-state index in [0.29, 0.717) is 64.7 Å². The van der Waals surface area contributed by atoms with Crippen molar-refractivity contribution in [1.29, 1.82) is 0 Å². The topological polar surface area (TPSA) is 220 Å². The highest BCUT2D eigenvalue weighted by molar-refractivity contribution is 6.30. The van der Waals surface area contributed by atoms with Crippen LogP contribution in [0.4, 0.5) is 4.39 Å². The first kappa shape index (κ1) is 90.3. The first-order valence-corrected chi connectivity index (χ1v) is 45.8. The summed E-state index contributed by atoms with van der Waals surface area (Å²) in [6.07, 6.45) is 18.7. The largest absolute Gasteiger partial charge is 0.379 e. The summed E-state index contributed by atoms with van der Waals surface area (Å²) >= 11 is 6.04. The van der Waals surface area contributed by atoms with Crippen LogP contribution in [0.2, 0.25) is 5.02 Å². The number of carbonyl (C=O) groups is 5. The Balaban J connectivity index is 0.000000124. The van der Waals surface area contributed by atoms with Crippen molar-refractivity contribution in [2.45, 2.75) is 164 Å². The van der Waals surface area contributed by atoms with E-state index in [1.165, 1.54) is 125 Å². The van der Waals surface area contributed by atoms with Gasteiger partial charge < -0.3 is 31.3 Å². The Hall–Kier alpha value is -12.5. The van der Waals surface area contributed by atoms with Crippen LogP contribution in [0.25, 0.3) is 22.3 Å². The number of nitrogens with one attached hydrogen (secondary N) is 5. The zero-order valence-electron chi connectivity index (χ0n) is 74.5. The maximum Gasteiger partial charge on any atom is 0.259 e. The summed E-state index contributed by atoms with van der Waals surface area (Å²) in [6, 6.07) is 73.3. The van der Waals surface area contributed by atoms with E-state index in [1.807, 2.05) is 147 Å². The van der Waals surface area contributed by atoms with E-state index >= 15 is 0 Å². The summed E-state index contributed by atoms with van der Waals surface area (Å²) in [5, 5.41) is 15.5. The molecule has 19 rings (SSSR count). The van der Waals surface area contributed by atoms with Gasteiger partial charge in [0.25, 0.3) is 29.5 Å². The van der Waals surface area contributed by atoms with Crippen molar-refractivity contribution in [3.63, 3.8) is 0 Å². The van der Waals surface area contributed by atoms with E-state index in [2.05, 4.69) is 139 Å². The number of amidine groups is 5. The summed E-state index contributed by atoms with van der Waals surface area (Å²) in [5.74, 6) is 5.89. The Bertz CT molecular complexity index is 5710. The molecule has 0 bridgehead atoms. The van der Waals surface area contributed by atoms with Gasteiger partial charge in [-0.1, -0.05) is 211 Å². The molecule has 5 amide bonds. The van der Waals surface area contributed by atoms with E-state index in [4.69, 9.17) is 41.3 Å². The highest BCUT2D eigenvalue weighted by Gasteiger charge is 2.34. The molecule has 9 aromatic carbocycles. The minimum Gasteiger partial charge on any atom is -0.379 e. The minimum atomic E-state index is -0.549. The summed E-state index contributed by atoms with van der Waals surface area (Å²) in [4.78, 5) is 88.3. The molecule has 19 heteroatoms. The number of benzene rings is 9. The lowest BCUT2D eigenvalue weighted by Gasteiger charge is -2.26. The number of hydrogen-bond donors (Lipinski definition) is 5. The van der Waals surface area contributed by atoms with Gasteiger partial charge in [0.15, 0.2) is 0 Å². The second kappa shape index (κ2) is 42.9. The van der Waals surface area contributed by atoms with E-state index < -0.39 is 11.7 Å². The van der Waals surface area contributed by atoms with Gasteiger partial charge in [0.2, 0.25) is 0 Å². The third-order valence-corrected chi connectivity index (χ3v) is 24.8. The molecule has 1 saturated heterocycles. The summed E-state index contributed by atoms with van der Waals surface area (Å²) in [5.41, 5.74) is 25.3. The molecule has 9 aromatic rings. The van der Waals surface area contributed by atoms with Crippen molar-refractivity contribution in [3.8, 4) is 0 Å². The maximum absolute atomic E-state index is 14.0. The molecule has 128 heavy (non-hydrogen) atoms. The second-order valence-corrected chi connectivity index (χ2v) is 36.1. The van der Waals surface area contributed by atoms with E-state index in [9.17, 15) is 28.4 Å². The first-order chi connectivity index (χ1) is 62.1. The molecule has 6 heterocycles. The molecule has 0 atom stereocenters. The van der Waals surface area contributed by atoms with Gasteiger partial charge in [-0.3, -0.25) is 28.9 Å². The molecule has 6 aliphatic heterocycles. The van der Waals surface area contributed by atoms with Crippen molar-refractivity contribution in [2.75, 3.05) is 32.8 Å². The standard InChI is InChI=1S/C23H23ClFN3O2.2C23H24N2O.C22H22N2O.C18H22N2O/c24-17-7-5-16(6-8-17)19-15-22(27-23(29)18-3-1-2-4-20(18)25)26-21(19)9-10-28-11-13-30-14-12-28;2*1-15-3-9-18(10-4-15)20-14-22(24-21(20)13-17-7-8-17)25-23(26)19-11-5-16(2)6-12-19;1-15-7-11-17(12-8-15)19-14-21(23-20(19)13-16-9-10-16)24-22(25)18-5-3-2-4-6-18;1-12(2)15-11-17(19-16(15)10-13-8-9-13)20-18(21)14-6-4-3-5-7-14/h1-8H,9-15H2,(H,26,27,29);2*3-6,9-12,17H,7-8,13-14H2,1-2H3,(H,24,25,26);2-8,11-12,16H,9-10,13-14H2,1H3,(H,23,24,25);3-7,12-13H,8-11H2,1-2H3,(H,19,20,21). The van der Waals surface area contributed by atoms with E-state index in [0.717, 1.165) is 163 Å². The van der Waals surface area contributed by atoms with Crippen LogP contribution < -0.4 is 26.6 Å². The van der Waals surface area contributed by atoms with Crippen molar-refractivity contribution in [1.82, 2.24) is 31.5 Å². The van der Waals surface area contributed by atoms with Crippen LogP contribution in [0.15, 0.2) is 290 Å². The van der Waals surface area contributed by atoms with Crippen LogP contribution in [0.1, 0.15) is 231 Å². The first-order valence-electron chi connectivity index (χ1n) is 45.4. The Morgan fingerprint density at radius 2 is 0.648 bits per heavy atom. The Kier molecular flexibility index (Phi) is 30.3. The highest BCUT2D eigenvalue weighted by atomic mass is 35.5. The number of ether oxygens (including phenoxy) is 1. The van der Waals surface area contributed by atoms with E-state index in [-0.39, 0.29) is 29.2 Å². The normalized spacial score (nSPS) is 17.0.